The molecule has 1 heterocycles. The third-order valence-electron chi connectivity index (χ3n) is 4.28. The van der Waals surface area contributed by atoms with Gasteiger partial charge in [-0.25, -0.2) is 0 Å². The van der Waals surface area contributed by atoms with Gasteiger partial charge in [0.15, 0.2) is 0 Å². The zero-order valence-corrected chi connectivity index (χ0v) is 14.3. The lowest BCUT2D eigenvalue weighted by molar-refractivity contribution is -0.144. The van der Waals surface area contributed by atoms with E-state index in [1.165, 1.54) is 0 Å². The van der Waals surface area contributed by atoms with Gasteiger partial charge in [0.25, 0.3) is 0 Å². The number of rotatable bonds is 6. The van der Waals surface area contributed by atoms with Crippen LogP contribution in [0.3, 0.4) is 0 Å². The molecule has 1 fully saturated rings. The first-order valence-corrected chi connectivity index (χ1v) is 8.30. The molecule has 1 aliphatic rings. The molecular weight excluding hydrogens is 292 g/mol. The van der Waals surface area contributed by atoms with Gasteiger partial charge in [0, 0.05) is 25.7 Å². The minimum atomic E-state index is 0.0426. The highest BCUT2D eigenvalue weighted by molar-refractivity contribution is 5.78. The van der Waals surface area contributed by atoms with Crippen molar-refractivity contribution >= 4 is 5.91 Å². The molecule has 5 heteroatoms. The number of carbonyl (C=O) groups is 1. The van der Waals surface area contributed by atoms with E-state index in [9.17, 15) is 9.90 Å². The van der Waals surface area contributed by atoms with Crippen LogP contribution in [0.4, 0.5) is 0 Å². The highest BCUT2D eigenvalue weighted by atomic mass is 16.5. The maximum Gasteiger partial charge on any atom is 0.236 e. The summed E-state index contributed by atoms with van der Waals surface area (Å²) in [7, 11) is 1.94. The summed E-state index contributed by atoms with van der Waals surface area (Å²) in [5.74, 6) is 0.119. The van der Waals surface area contributed by atoms with Gasteiger partial charge >= 0.3 is 0 Å². The number of likely N-dealkylation sites (N-methyl/N-ethyl adjacent to an activating group) is 1. The van der Waals surface area contributed by atoms with Crippen molar-refractivity contribution in [3.63, 3.8) is 0 Å². The van der Waals surface area contributed by atoms with Crippen LogP contribution in [0, 0.1) is 0 Å². The van der Waals surface area contributed by atoms with Crippen LogP contribution in [0.15, 0.2) is 30.3 Å². The summed E-state index contributed by atoms with van der Waals surface area (Å²) in [4.78, 5) is 16.5. The molecule has 0 aromatic heterocycles. The third kappa shape index (κ3) is 5.03. The first-order chi connectivity index (χ1) is 11.0. The molecule has 0 saturated carbocycles. The van der Waals surface area contributed by atoms with Gasteiger partial charge in [0.05, 0.1) is 18.8 Å². The molecule has 1 N–H and O–H groups in total. The van der Waals surface area contributed by atoms with E-state index in [0.29, 0.717) is 26.1 Å². The number of morpholine rings is 1. The molecular formula is C18H28N2O3. The Morgan fingerprint density at radius 1 is 1.30 bits per heavy atom. The van der Waals surface area contributed by atoms with Crippen molar-refractivity contribution in [1.82, 2.24) is 9.80 Å². The van der Waals surface area contributed by atoms with Crippen LogP contribution in [0.2, 0.25) is 0 Å². The van der Waals surface area contributed by atoms with Crippen molar-refractivity contribution in [1.29, 1.82) is 0 Å². The Hall–Kier alpha value is -1.43. The molecule has 1 aliphatic heterocycles. The van der Waals surface area contributed by atoms with E-state index < -0.39 is 0 Å². The number of carbonyl (C=O) groups excluding carboxylic acids is 1. The second-order valence-electron chi connectivity index (χ2n) is 6.41. The molecule has 23 heavy (non-hydrogen) atoms. The zero-order chi connectivity index (χ0) is 16.8. The number of nitrogens with zero attached hydrogens (tertiary/aromatic N) is 2. The molecule has 0 radical (unpaired) electrons. The lowest BCUT2D eigenvalue weighted by Gasteiger charge is -2.37. The average molecular weight is 320 g/mol. The molecule has 2 rings (SSSR count). The number of hydrogen-bond donors (Lipinski definition) is 1. The van der Waals surface area contributed by atoms with E-state index in [4.69, 9.17) is 4.74 Å². The number of aliphatic hydroxyl groups excluding tert-OH is 1. The molecule has 1 aromatic rings. The Bertz CT molecular complexity index is 484. The predicted octanol–water partition coefficient (Wildman–Crippen LogP) is 1.68. The summed E-state index contributed by atoms with van der Waals surface area (Å²) in [5, 5.41) is 9.36. The molecule has 1 amide bonds. The van der Waals surface area contributed by atoms with Gasteiger partial charge in [0.1, 0.15) is 0 Å². The maximum atomic E-state index is 12.6. The smallest absolute Gasteiger partial charge is 0.236 e. The first-order valence-electron chi connectivity index (χ1n) is 8.30. The lowest BCUT2D eigenvalue weighted by Crippen LogP contribution is -2.51. The summed E-state index contributed by atoms with van der Waals surface area (Å²) >= 11 is 0. The average Bonchev–Trinajstić information content (AvgIpc) is 2.52. The largest absolute Gasteiger partial charge is 0.396 e. The van der Waals surface area contributed by atoms with Crippen LogP contribution in [-0.4, -0.2) is 66.3 Å². The molecule has 3 atom stereocenters. The van der Waals surface area contributed by atoms with Gasteiger partial charge in [-0.05, 0) is 32.9 Å². The van der Waals surface area contributed by atoms with E-state index >= 15 is 0 Å². The Morgan fingerprint density at radius 3 is 2.48 bits per heavy atom. The van der Waals surface area contributed by atoms with Crippen LogP contribution >= 0.6 is 0 Å². The number of hydrogen-bond acceptors (Lipinski definition) is 4. The zero-order valence-electron chi connectivity index (χ0n) is 14.3. The monoisotopic (exact) mass is 320 g/mol. The molecule has 5 nitrogen and oxygen atoms in total. The van der Waals surface area contributed by atoms with Crippen molar-refractivity contribution in [2.75, 3.05) is 33.3 Å². The Labute approximate surface area is 138 Å². The normalized spacial score (nSPS) is 23.1. The highest BCUT2D eigenvalue weighted by Crippen LogP contribution is 2.23. The van der Waals surface area contributed by atoms with Crippen molar-refractivity contribution in [3.05, 3.63) is 35.9 Å². The van der Waals surface area contributed by atoms with Crippen molar-refractivity contribution in [3.8, 4) is 0 Å². The molecule has 0 spiro atoms. The van der Waals surface area contributed by atoms with Gasteiger partial charge in [-0.3, -0.25) is 9.69 Å². The minimum Gasteiger partial charge on any atom is -0.396 e. The molecule has 0 aliphatic carbocycles. The van der Waals surface area contributed by atoms with E-state index in [1.807, 2.05) is 61.0 Å². The molecule has 128 valence electrons. The van der Waals surface area contributed by atoms with E-state index in [0.717, 1.165) is 5.56 Å². The van der Waals surface area contributed by atoms with Crippen molar-refractivity contribution in [2.45, 2.75) is 38.5 Å². The first kappa shape index (κ1) is 17.9. The molecule has 1 aromatic carbocycles. The predicted molar refractivity (Wildman–Crippen MR) is 90.1 cm³/mol. The maximum absolute atomic E-state index is 12.6. The number of ether oxygens (including phenoxy) is 1. The molecule has 0 bridgehead atoms. The van der Waals surface area contributed by atoms with Crippen LogP contribution in [0.25, 0.3) is 0 Å². The summed E-state index contributed by atoms with van der Waals surface area (Å²) in [6.45, 7) is 5.74. The second-order valence-corrected chi connectivity index (χ2v) is 6.41. The number of amides is 1. The number of aliphatic hydroxyl groups is 1. The van der Waals surface area contributed by atoms with E-state index in [1.54, 1.807) is 0 Å². The fourth-order valence-corrected chi connectivity index (χ4v) is 3.24. The molecule has 1 saturated heterocycles. The van der Waals surface area contributed by atoms with Gasteiger partial charge in [0.2, 0.25) is 5.91 Å². The summed E-state index contributed by atoms with van der Waals surface area (Å²) in [6.07, 6.45) is 0.773. The fourth-order valence-electron chi connectivity index (χ4n) is 3.24. The van der Waals surface area contributed by atoms with Gasteiger partial charge in [-0.15, -0.1) is 0 Å². The Morgan fingerprint density at radius 2 is 1.91 bits per heavy atom. The van der Waals surface area contributed by atoms with Crippen LogP contribution < -0.4 is 0 Å². The molecule has 0 unspecified atom stereocenters. The van der Waals surface area contributed by atoms with Crippen LogP contribution in [-0.2, 0) is 9.53 Å². The fraction of sp³-hybridized carbons (Fsp3) is 0.611. The van der Waals surface area contributed by atoms with Crippen LogP contribution in [0.1, 0.15) is 31.9 Å². The topological polar surface area (TPSA) is 53.0 Å². The summed E-state index contributed by atoms with van der Waals surface area (Å²) in [5.41, 5.74) is 1.13. The number of benzene rings is 1. The standard InChI is InChI=1S/C18H28N2O3/c1-14-11-20(12-15(2)23-14)18(22)13-19(3)17(9-10-21)16-7-5-4-6-8-16/h4-8,14-15,17,21H,9-13H2,1-3H3/t14-,15-,17+/m1/s1. The van der Waals surface area contributed by atoms with Crippen molar-refractivity contribution in [2.24, 2.45) is 0 Å². The second kappa shape index (κ2) is 8.43. The SMILES string of the molecule is C[C@@H]1CN(C(=O)CN(C)[C@@H](CCO)c2ccccc2)C[C@@H](C)O1. The minimum absolute atomic E-state index is 0.0426. The summed E-state index contributed by atoms with van der Waals surface area (Å²) in [6, 6.07) is 10.1. The third-order valence-corrected chi connectivity index (χ3v) is 4.28. The van der Waals surface area contributed by atoms with E-state index in [-0.39, 0.29) is 30.8 Å². The van der Waals surface area contributed by atoms with Gasteiger partial charge < -0.3 is 14.7 Å². The van der Waals surface area contributed by atoms with Crippen molar-refractivity contribution < 1.29 is 14.6 Å². The lowest BCUT2D eigenvalue weighted by atomic mass is 10.0. The quantitative estimate of drug-likeness (QED) is 0.866. The van der Waals surface area contributed by atoms with E-state index in [2.05, 4.69) is 0 Å². The Kier molecular flexibility index (Phi) is 6.57. The van der Waals surface area contributed by atoms with Crippen LogP contribution in [0.5, 0.6) is 0 Å². The Balaban J connectivity index is 2.00. The van der Waals surface area contributed by atoms with Gasteiger partial charge in [-0.1, -0.05) is 30.3 Å². The summed E-state index contributed by atoms with van der Waals surface area (Å²) < 4.78 is 5.69. The van der Waals surface area contributed by atoms with Gasteiger partial charge in [-0.2, -0.15) is 0 Å². The highest BCUT2D eigenvalue weighted by Gasteiger charge is 2.27.